The van der Waals surface area contributed by atoms with E-state index < -0.39 is 5.56 Å². The molecule has 2 rings (SSSR count). The minimum Gasteiger partial charge on any atom is -0.506 e. The zero-order valence-electron chi connectivity index (χ0n) is 11.7. The second kappa shape index (κ2) is 6.99. The molecule has 0 atom stereocenters. The van der Waals surface area contributed by atoms with Crippen LogP contribution in [0.15, 0.2) is 34.1 Å². The van der Waals surface area contributed by atoms with E-state index in [1.807, 2.05) is 0 Å². The summed E-state index contributed by atoms with van der Waals surface area (Å²) in [4.78, 5) is 18.7. The van der Waals surface area contributed by atoms with Gasteiger partial charge >= 0.3 is 0 Å². The second-order valence-electron chi connectivity index (χ2n) is 4.61. The van der Waals surface area contributed by atoms with E-state index in [1.165, 1.54) is 6.21 Å². The van der Waals surface area contributed by atoms with E-state index in [9.17, 15) is 9.90 Å². The van der Waals surface area contributed by atoms with Crippen LogP contribution in [0.2, 0.25) is 0 Å². The third-order valence-corrected chi connectivity index (χ3v) is 3.30. The lowest BCUT2D eigenvalue weighted by Gasteiger charge is -2.04. The third-order valence-electron chi connectivity index (χ3n) is 3.05. The predicted molar refractivity (Wildman–Crippen MR) is 89.3 cm³/mol. The van der Waals surface area contributed by atoms with E-state index in [0.717, 1.165) is 19.4 Å². The summed E-state index contributed by atoms with van der Waals surface area (Å²) in [7, 11) is 0. The standard InChI is InChI=1S/C15H17N3O2S/c1-2-3-8-16-15(21)17-9-11-13(19)10-6-4-5-7-12(10)18-14(11)20/h4-7,9H,2-3,8H2,1H3,(H,16,21)(H2,18,19,20). The van der Waals surface area contributed by atoms with Crippen LogP contribution in [0.1, 0.15) is 25.3 Å². The Labute approximate surface area is 127 Å². The third kappa shape index (κ3) is 3.66. The maximum atomic E-state index is 12.0. The molecule has 110 valence electrons. The fraction of sp³-hybridized carbons (Fsp3) is 0.267. The van der Waals surface area contributed by atoms with Gasteiger partial charge in [0.25, 0.3) is 5.56 Å². The summed E-state index contributed by atoms with van der Waals surface area (Å²) in [6.07, 6.45) is 3.35. The first kappa shape index (κ1) is 15.2. The summed E-state index contributed by atoms with van der Waals surface area (Å²) in [6, 6.07) is 7.04. The van der Waals surface area contributed by atoms with Gasteiger partial charge in [-0.2, -0.15) is 0 Å². The van der Waals surface area contributed by atoms with Gasteiger partial charge in [-0.1, -0.05) is 25.5 Å². The van der Waals surface area contributed by atoms with Crippen molar-refractivity contribution in [1.82, 2.24) is 10.3 Å². The number of aliphatic imine (C=N–C) groups is 1. The van der Waals surface area contributed by atoms with Crippen LogP contribution in [0.4, 0.5) is 0 Å². The number of hydrogen-bond acceptors (Lipinski definition) is 3. The van der Waals surface area contributed by atoms with Gasteiger partial charge in [-0.25, -0.2) is 4.99 Å². The molecule has 5 nitrogen and oxygen atoms in total. The minimum absolute atomic E-state index is 0.0885. The number of H-pyrrole nitrogens is 1. The number of benzene rings is 1. The topological polar surface area (TPSA) is 77.5 Å². The van der Waals surface area contributed by atoms with Gasteiger partial charge in [-0.3, -0.25) is 4.79 Å². The number of aromatic nitrogens is 1. The molecule has 0 saturated heterocycles. The predicted octanol–water partition coefficient (Wildman–Crippen LogP) is 2.33. The van der Waals surface area contributed by atoms with Crippen molar-refractivity contribution in [2.75, 3.05) is 6.54 Å². The first-order valence-electron chi connectivity index (χ1n) is 6.79. The molecule has 1 heterocycles. The van der Waals surface area contributed by atoms with Crippen LogP contribution in [0.5, 0.6) is 5.75 Å². The highest BCUT2D eigenvalue weighted by Crippen LogP contribution is 2.23. The summed E-state index contributed by atoms with van der Waals surface area (Å²) in [5.74, 6) is -0.0885. The molecule has 0 aliphatic carbocycles. The number of para-hydroxylation sites is 1. The van der Waals surface area contributed by atoms with E-state index in [2.05, 4.69) is 22.2 Å². The molecule has 21 heavy (non-hydrogen) atoms. The number of nitrogens with zero attached hydrogens (tertiary/aromatic N) is 1. The van der Waals surface area contributed by atoms with Gasteiger partial charge in [-0.15, -0.1) is 0 Å². The van der Waals surface area contributed by atoms with E-state index in [-0.39, 0.29) is 11.3 Å². The normalized spacial score (nSPS) is 11.1. The first-order chi connectivity index (χ1) is 10.1. The molecule has 0 amide bonds. The molecule has 0 radical (unpaired) electrons. The lowest BCUT2D eigenvalue weighted by atomic mass is 10.1. The largest absolute Gasteiger partial charge is 0.506 e. The Bertz CT molecular complexity index is 737. The molecular formula is C15H17N3O2S. The van der Waals surface area contributed by atoms with Gasteiger partial charge in [0, 0.05) is 18.1 Å². The fourth-order valence-electron chi connectivity index (χ4n) is 1.90. The smallest absolute Gasteiger partial charge is 0.261 e. The Morgan fingerprint density at radius 2 is 2.24 bits per heavy atom. The quantitative estimate of drug-likeness (QED) is 0.460. The number of nitrogens with one attached hydrogen (secondary N) is 2. The number of aromatic amines is 1. The van der Waals surface area contributed by atoms with Crippen molar-refractivity contribution < 1.29 is 5.11 Å². The van der Waals surface area contributed by atoms with Crippen molar-refractivity contribution >= 4 is 34.4 Å². The number of aromatic hydroxyl groups is 1. The molecule has 0 aliphatic heterocycles. The van der Waals surface area contributed by atoms with E-state index in [4.69, 9.17) is 12.2 Å². The van der Waals surface area contributed by atoms with E-state index >= 15 is 0 Å². The van der Waals surface area contributed by atoms with Crippen LogP contribution in [0.3, 0.4) is 0 Å². The van der Waals surface area contributed by atoms with Gasteiger partial charge in [0.15, 0.2) is 5.11 Å². The van der Waals surface area contributed by atoms with Crippen LogP contribution in [0.25, 0.3) is 10.9 Å². The van der Waals surface area contributed by atoms with Crippen molar-refractivity contribution in [1.29, 1.82) is 0 Å². The van der Waals surface area contributed by atoms with Crippen molar-refractivity contribution in [2.45, 2.75) is 19.8 Å². The van der Waals surface area contributed by atoms with Crippen LogP contribution < -0.4 is 10.9 Å². The number of hydrogen-bond donors (Lipinski definition) is 3. The summed E-state index contributed by atoms with van der Waals surface area (Å²) in [6.45, 7) is 2.83. The van der Waals surface area contributed by atoms with Gasteiger partial charge in [-0.05, 0) is 30.8 Å². The number of thiocarbonyl (C=S) groups is 1. The lowest BCUT2D eigenvalue weighted by molar-refractivity contribution is 0.479. The minimum atomic E-state index is -0.397. The monoisotopic (exact) mass is 303 g/mol. The Hall–Kier alpha value is -2.21. The Kier molecular flexibility index (Phi) is 5.05. The SMILES string of the molecule is CCCCNC(=S)N=Cc1c(O)c2ccccc2[nH]c1=O. The number of pyridine rings is 1. The molecule has 0 spiro atoms. The van der Waals surface area contributed by atoms with Gasteiger partial charge in [0.1, 0.15) is 11.3 Å². The molecule has 2 aromatic rings. The van der Waals surface area contributed by atoms with Gasteiger partial charge in [0.05, 0.1) is 5.52 Å². The van der Waals surface area contributed by atoms with Crippen LogP contribution >= 0.6 is 12.2 Å². The maximum Gasteiger partial charge on any atom is 0.261 e. The van der Waals surface area contributed by atoms with Crippen LogP contribution in [-0.2, 0) is 0 Å². The van der Waals surface area contributed by atoms with E-state index in [0.29, 0.717) is 16.0 Å². The van der Waals surface area contributed by atoms with Crippen LogP contribution in [0, 0.1) is 0 Å². The molecule has 0 aliphatic rings. The van der Waals surface area contributed by atoms with Gasteiger partial charge < -0.3 is 15.4 Å². The molecule has 6 heteroatoms. The molecule has 1 aromatic heterocycles. The number of fused-ring (bicyclic) bond motifs is 1. The summed E-state index contributed by atoms with van der Waals surface area (Å²) < 4.78 is 0. The number of unbranched alkanes of at least 4 members (excludes halogenated alkanes) is 1. The Morgan fingerprint density at radius 3 is 3.00 bits per heavy atom. The zero-order valence-corrected chi connectivity index (χ0v) is 12.5. The Balaban J connectivity index is 2.26. The molecule has 0 saturated carbocycles. The first-order valence-corrected chi connectivity index (χ1v) is 7.20. The van der Waals surface area contributed by atoms with Crippen molar-refractivity contribution in [3.8, 4) is 5.75 Å². The molecule has 0 fully saturated rings. The average Bonchev–Trinajstić information content (AvgIpc) is 2.47. The van der Waals surface area contributed by atoms with Gasteiger partial charge in [0.2, 0.25) is 0 Å². The van der Waals surface area contributed by atoms with Crippen LogP contribution in [-0.4, -0.2) is 28.0 Å². The highest BCUT2D eigenvalue weighted by Gasteiger charge is 2.09. The number of rotatable bonds is 4. The zero-order chi connectivity index (χ0) is 15.2. The highest BCUT2D eigenvalue weighted by molar-refractivity contribution is 7.80. The summed E-state index contributed by atoms with van der Waals surface area (Å²) >= 11 is 5.05. The molecule has 3 N–H and O–H groups in total. The summed E-state index contributed by atoms with van der Waals surface area (Å²) in [5.41, 5.74) is 0.292. The second-order valence-corrected chi connectivity index (χ2v) is 4.99. The molecular weight excluding hydrogens is 286 g/mol. The fourth-order valence-corrected chi connectivity index (χ4v) is 2.06. The average molecular weight is 303 g/mol. The maximum absolute atomic E-state index is 12.0. The van der Waals surface area contributed by atoms with Crippen molar-refractivity contribution in [3.05, 3.63) is 40.2 Å². The molecule has 0 unspecified atom stereocenters. The van der Waals surface area contributed by atoms with Crippen molar-refractivity contribution in [3.63, 3.8) is 0 Å². The molecule has 1 aromatic carbocycles. The molecule has 0 bridgehead atoms. The van der Waals surface area contributed by atoms with Crippen molar-refractivity contribution in [2.24, 2.45) is 4.99 Å². The Morgan fingerprint density at radius 1 is 1.48 bits per heavy atom. The van der Waals surface area contributed by atoms with E-state index in [1.54, 1.807) is 24.3 Å². The highest BCUT2D eigenvalue weighted by atomic mass is 32.1. The lowest BCUT2D eigenvalue weighted by Crippen LogP contribution is -2.21. The summed E-state index contributed by atoms with van der Waals surface area (Å²) in [5, 5.41) is 14.0.